The van der Waals surface area contributed by atoms with E-state index in [-0.39, 0.29) is 13.2 Å². The lowest BCUT2D eigenvalue weighted by atomic mass is 10.5. The first-order chi connectivity index (χ1) is 6.35. The zero-order valence-corrected chi connectivity index (χ0v) is 9.49. The maximum absolute atomic E-state index is 10.7. The molecule has 0 aromatic carbocycles. The van der Waals surface area contributed by atoms with Crippen molar-refractivity contribution in [1.29, 1.82) is 0 Å². The average Bonchev–Trinajstić information content (AvgIpc) is 2.00. The van der Waals surface area contributed by atoms with Gasteiger partial charge in [-0.1, -0.05) is 6.92 Å². The van der Waals surface area contributed by atoms with Gasteiger partial charge in [0.2, 0.25) is 0 Å². The minimum atomic E-state index is -3.71. The second kappa shape index (κ2) is 9.15. The second-order valence-electron chi connectivity index (χ2n) is 2.24. The largest absolute Gasteiger partial charge is 0.481 e. The van der Waals surface area contributed by atoms with Crippen LogP contribution in [0.2, 0.25) is 0 Å². The van der Waals surface area contributed by atoms with Crippen molar-refractivity contribution < 1.29 is 28.4 Å². The maximum Gasteiger partial charge on any atom is 0.472 e. The number of hydrogen-bond acceptors (Lipinski definition) is 4. The summed E-state index contributed by atoms with van der Waals surface area (Å²) in [5.41, 5.74) is 0. The lowest BCUT2D eigenvalue weighted by molar-refractivity contribution is -0.134. The van der Waals surface area contributed by atoms with Crippen LogP contribution in [0.1, 0.15) is 27.2 Å². The minimum absolute atomic E-state index is 0.192. The Hall–Kier alpha value is -0.420. The molecule has 86 valence electrons. The van der Waals surface area contributed by atoms with Crippen LogP contribution in [0.15, 0.2) is 0 Å². The molecule has 0 aliphatic heterocycles. The van der Waals surface area contributed by atoms with Crippen molar-refractivity contribution in [2.24, 2.45) is 0 Å². The van der Waals surface area contributed by atoms with Crippen molar-refractivity contribution in [3.8, 4) is 0 Å². The van der Waals surface area contributed by atoms with Gasteiger partial charge in [0.05, 0.1) is 13.2 Å². The molecule has 0 aliphatic carbocycles. The Balaban J connectivity index is 0. The number of hydrogen-bond donors (Lipinski definition) is 2. The normalized spacial score (nSPS) is 13.7. The Morgan fingerprint density at radius 3 is 2.07 bits per heavy atom. The summed E-state index contributed by atoms with van der Waals surface area (Å²) in [4.78, 5) is 17.8. The standard InChI is InChI=1S/C5H13O4P.C2H4O2/c1-3-5-9-10(6,7)8-4-2;1-2(3)4/h3-5H2,1-2H3,(H,6,7);1H3,(H,3,4). The van der Waals surface area contributed by atoms with Gasteiger partial charge < -0.3 is 10.00 Å². The molecule has 1 unspecified atom stereocenters. The van der Waals surface area contributed by atoms with Crippen molar-refractivity contribution in [3.63, 3.8) is 0 Å². The smallest absolute Gasteiger partial charge is 0.472 e. The fourth-order valence-electron chi connectivity index (χ4n) is 0.407. The van der Waals surface area contributed by atoms with Crippen molar-refractivity contribution in [3.05, 3.63) is 0 Å². The van der Waals surface area contributed by atoms with Gasteiger partial charge in [-0.2, -0.15) is 0 Å². The summed E-state index contributed by atoms with van der Waals surface area (Å²) in [6.07, 6.45) is 0.706. The zero-order valence-electron chi connectivity index (χ0n) is 8.60. The topological polar surface area (TPSA) is 93.1 Å². The maximum atomic E-state index is 10.7. The van der Waals surface area contributed by atoms with Crippen LogP contribution in [0.25, 0.3) is 0 Å². The molecule has 6 nitrogen and oxygen atoms in total. The Bertz CT molecular complexity index is 189. The molecule has 0 spiro atoms. The lowest BCUT2D eigenvalue weighted by Gasteiger charge is -2.08. The van der Waals surface area contributed by atoms with E-state index in [1.165, 1.54) is 0 Å². The van der Waals surface area contributed by atoms with Gasteiger partial charge in [0.1, 0.15) is 0 Å². The number of phosphoric ester groups is 1. The van der Waals surface area contributed by atoms with E-state index < -0.39 is 13.8 Å². The van der Waals surface area contributed by atoms with Crippen LogP contribution in [0.4, 0.5) is 0 Å². The van der Waals surface area contributed by atoms with Crippen LogP contribution in [-0.2, 0) is 18.4 Å². The van der Waals surface area contributed by atoms with E-state index in [0.717, 1.165) is 6.92 Å². The highest BCUT2D eigenvalue weighted by atomic mass is 31.2. The highest BCUT2D eigenvalue weighted by molar-refractivity contribution is 7.47. The molecule has 0 saturated heterocycles. The van der Waals surface area contributed by atoms with Crippen LogP contribution in [0, 0.1) is 0 Å². The number of aliphatic carboxylic acids is 1. The Morgan fingerprint density at radius 2 is 1.79 bits per heavy atom. The minimum Gasteiger partial charge on any atom is -0.481 e. The summed E-state index contributed by atoms with van der Waals surface area (Å²) in [6.45, 7) is 5.02. The van der Waals surface area contributed by atoms with Gasteiger partial charge in [0.15, 0.2) is 0 Å². The second-order valence-corrected chi connectivity index (χ2v) is 3.69. The van der Waals surface area contributed by atoms with E-state index in [9.17, 15) is 4.57 Å². The van der Waals surface area contributed by atoms with E-state index in [0.29, 0.717) is 6.42 Å². The average molecular weight is 228 g/mol. The number of carbonyl (C=O) groups is 1. The third kappa shape index (κ3) is 17.6. The Kier molecular flexibility index (Phi) is 10.5. The third-order valence-electron chi connectivity index (χ3n) is 0.751. The lowest BCUT2D eigenvalue weighted by Crippen LogP contribution is -1.95. The van der Waals surface area contributed by atoms with E-state index in [2.05, 4.69) is 9.05 Å². The predicted molar refractivity (Wildman–Crippen MR) is 51.0 cm³/mol. The van der Waals surface area contributed by atoms with Gasteiger partial charge >= 0.3 is 7.82 Å². The van der Waals surface area contributed by atoms with Gasteiger partial charge in [-0.15, -0.1) is 0 Å². The third-order valence-corrected chi connectivity index (χ3v) is 1.84. The van der Waals surface area contributed by atoms with Gasteiger partial charge in [0.25, 0.3) is 5.97 Å². The first-order valence-electron chi connectivity index (χ1n) is 4.17. The fourth-order valence-corrected chi connectivity index (χ4v) is 1.22. The summed E-state index contributed by atoms with van der Waals surface area (Å²) < 4.78 is 19.6. The molecule has 0 saturated carbocycles. The van der Waals surface area contributed by atoms with Gasteiger partial charge in [0, 0.05) is 6.92 Å². The quantitative estimate of drug-likeness (QED) is 0.695. The van der Waals surface area contributed by atoms with Crippen LogP contribution in [0.5, 0.6) is 0 Å². The zero-order chi connectivity index (χ0) is 11.6. The predicted octanol–water partition coefficient (Wildman–Crippen LogP) is 1.64. The van der Waals surface area contributed by atoms with Crippen molar-refractivity contribution in [2.45, 2.75) is 27.2 Å². The molecule has 0 rings (SSSR count). The first kappa shape index (κ1) is 16.0. The molecule has 0 bridgehead atoms. The van der Waals surface area contributed by atoms with Crippen LogP contribution < -0.4 is 0 Å². The molecule has 0 aliphatic rings. The molecule has 0 heterocycles. The van der Waals surface area contributed by atoms with E-state index in [4.69, 9.17) is 14.8 Å². The molecule has 14 heavy (non-hydrogen) atoms. The highest BCUT2D eigenvalue weighted by Crippen LogP contribution is 2.42. The summed E-state index contributed by atoms with van der Waals surface area (Å²) in [6, 6.07) is 0. The van der Waals surface area contributed by atoms with Crippen LogP contribution in [0.3, 0.4) is 0 Å². The monoisotopic (exact) mass is 228 g/mol. The SMILES string of the molecule is CC(=O)O.CCCOP(=O)(O)OCC. The molecule has 0 amide bonds. The number of carboxylic acid groups (broad SMARTS) is 1. The molecular formula is C7H17O6P. The first-order valence-corrected chi connectivity index (χ1v) is 5.66. The molecule has 0 aromatic rings. The summed E-state index contributed by atoms with van der Waals surface area (Å²) in [7, 11) is -3.71. The van der Waals surface area contributed by atoms with Crippen LogP contribution >= 0.6 is 7.82 Å². The molecule has 2 N–H and O–H groups in total. The Morgan fingerprint density at radius 1 is 1.36 bits per heavy atom. The number of phosphoric acid groups is 1. The van der Waals surface area contributed by atoms with E-state index in [1.807, 2.05) is 6.92 Å². The summed E-state index contributed by atoms with van der Waals surface area (Å²) in [5, 5.41) is 7.42. The molecule has 0 fully saturated rings. The highest BCUT2D eigenvalue weighted by Gasteiger charge is 2.18. The fraction of sp³-hybridized carbons (Fsp3) is 0.857. The molecule has 7 heteroatoms. The molecular weight excluding hydrogens is 211 g/mol. The molecule has 1 atom stereocenters. The molecule has 0 radical (unpaired) electrons. The number of carboxylic acids is 1. The van der Waals surface area contributed by atoms with Crippen molar-refractivity contribution in [2.75, 3.05) is 13.2 Å². The van der Waals surface area contributed by atoms with Gasteiger partial charge in [-0.25, -0.2) is 4.57 Å². The summed E-state index contributed by atoms with van der Waals surface area (Å²) in [5.74, 6) is -0.833. The van der Waals surface area contributed by atoms with Gasteiger partial charge in [-0.05, 0) is 13.3 Å². The van der Waals surface area contributed by atoms with Crippen LogP contribution in [-0.4, -0.2) is 29.2 Å². The molecule has 0 aromatic heterocycles. The number of rotatable bonds is 5. The van der Waals surface area contributed by atoms with E-state index >= 15 is 0 Å². The van der Waals surface area contributed by atoms with Crippen molar-refractivity contribution in [1.82, 2.24) is 0 Å². The van der Waals surface area contributed by atoms with E-state index in [1.54, 1.807) is 6.92 Å². The van der Waals surface area contributed by atoms with Crippen molar-refractivity contribution >= 4 is 13.8 Å². The Labute approximate surface area is 83.5 Å². The van der Waals surface area contributed by atoms with Gasteiger partial charge in [-0.3, -0.25) is 13.8 Å². The summed E-state index contributed by atoms with van der Waals surface area (Å²) >= 11 is 0.